The third kappa shape index (κ3) is 4.29. The summed E-state index contributed by atoms with van der Waals surface area (Å²) in [5, 5.41) is 3.25. The molecule has 1 aliphatic carbocycles. The molecule has 1 aromatic rings. The molecule has 0 saturated carbocycles. The third-order valence-electron chi connectivity index (χ3n) is 5.83. The molecule has 0 saturated heterocycles. The van der Waals surface area contributed by atoms with Gasteiger partial charge in [0.2, 0.25) is 0 Å². The number of rotatable bonds is 6. The highest BCUT2D eigenvalue weighted by Gasteiger charge is 2.47. The average Bonchev–Trinajstić information content (AvgIpc) is 2.72. The second-order valence-corrected chi connectivity index (χ2v) is 8.46. The molecule has 1 heterocycles. The first-order chi connectivity index (χ1) is 15.2. The van der Waals surface area contributed by atoms with Gasteiger partial charge >= 0.3 is 11.9 Å². The number of benzene rings is 1. The van der Waals surface area contributed by atoms with Gasteiger partial charge in [-0.2, -0.15) is 0 Å². The standard InChI is InChI=1S/C25H31NO6/c1-7-31-25(29)20-15(5)26-17-12-14(4)19(24(28)30-6)23(27)22(17)21(20)16-10-8-9-11-18(16)32-13(2)3/h8-11,13-14,19,21,26H,7,12H2,1-6H3. The van der Waals surface area contributed by atoms with Crippen LogP contribution in [0.2, 0.25) is 0 Å². The Bertz CT molecular complexity index is 990. The maximum absolute atomic E-state index is 13.7. The summed E-state index contributed by atoms with van der Waals surface area (Å²) in [5.74, 6) is -2.71. The van der Waals surface area contributed by atoms with Crippen LogP contribution in [-0.2, 0) is 23.9 Å². The van der Waals surface area contributed by atoms with Crippen LogP contribution in [0.3, 0.4) is 0 Å². The number of dihydropyridines is 1. The Balaban J connectivity index is 2.24. The predicted molar refractivity (Wildman–Crippen MR) is 119 cm³/mol. The minimum Gasteiger partial charge on any atom is -0.491 e. The van der Waals surface area contributed by atoms with Crippen molar-refractivity contribution in [1.29, 1.82) is 0 Å². The quantitative estimate of drug-likeness (QED) is 0.532. The van der Waals surface area contributed by atoms with Gasteiger partial charge in [0.1, 0.15) is 11.7 Å². The van der Waals surface area contributed by atoms with Crippen LogP contribution in [-0.4, -0.2) is 37.5 Å². The van der Waals surface area contributed by atoms with E-state index < -0.39 is 23.8 Å². The second-order valence-electron chi connectivity index (χ2n) is 8.46. The first-order valence-corrected chi connectivity index (χ1v) is 11.0. The highest BCUT2D eigenvalue weighted by Crippen LogP contribution is 2.47. The van der Waals surface area contributed by atoms with Gasteiger partial charge in [0.05, 0.1) is 31.3 Å². The molecule has 3 atom stereocenters. The van der Waals surface area contributed by atoms with Gasteiger partial charge in [-0.15, -0.1) is 0 Å². The van der Waals surface area contributed by atoms with Crippen molar-refractivity contribution in [3.63, 3.8) is 0 Å². The molecule has 3 unspecified atom stereocenters. The van der Waals surface area contributed by atoms with Crippen molar-refractivity contribution in [3.8, 4) is 5.75 Å². The van der Waals surface area contributed by atoms with E-state index in [-0.39, 0.29) is 24.4 Å². The van der Waals surface area contributed by atoms with Crippen molar-refractivity contribution in [3.05, 3.63) is 52.4 Å². The maximum Gasteiger partial charge on any atom is 0.336 e. The van der Waals surface area contributed by atoms with Crippen LogP contribution in [0.25, 0.3) is 0 Å². The molecule has 1 aliphatic heterocycles. The Kier molecular flexibility index (Phi) is 7.06. The van der Waals surface area contributed by atoms with E-state index in [9.17, 15) is 14.4 Å². The van der Waals surface area contributed by atoms with Gasteiger partial charge < -0.3 is 19.5 Å². The van der Waals surface area contributed by atoms with Crippen LogP contribution in [0.15, 0.2) is 46.8 Å². The third-order valence-corrected chi connectivity index (χ3v) is 5.83. The van der Waals surface area contributed by atoms with Crippen molar-refractivity contribution in [2.75, 3.05) is 13.7 Å². The average molecular weight is 442 g/mol. The summed E-state index contributed by atoms with van der Waals surface area (Å²) in [6.45, 7) is 9.43. The van der Waals surface area contributed by atoms with Crippen molar-refractivity contribution in [2.45, 2.75) is 53.1 Å². The number of carbonyl (C=O) groups excluding carboxylic acids is 3. The molecule has 0 aromatic heterocycles. The Hall–Kier alpha value is -3.09. The molecular formula is C25H31NO6. The van der Waals surface area contributed by atoms with E-state index >= 15 is 0 Å². The Morgan fingerprint density at radius 1 is 1.22 bits per heavy atom. The molecule has 1 N–H and O–H groups in total. The van der Waals surface area contributed by atoms with Crippen molar-refractivity contribution < 1.29 is 28.6 Å². The summed E-state index contributed by atoms with van der Waals surface area (Å²) in [5.41, 5.74) is 2.77. The fourth-order valence-electron chi connectivity index (χ4n) is 4.55. The molecule has 7 nitrogen and oxygen atoms in total. The summed E-state index contributed by atoms with van der Waals surface area (Å²) < 4.78 is 16.3. The highest BCUT2D eigenvalue weighted by molar-refractivity contribution is 6.12. The van der Waals surface area contributed by atoms with E-state index in [4.69, 9.17) is 14.2 Å². The van der Waals surface area contributed by atoms with E-state index in [1.807, 2.05) is 45.0 Å². The molecule has 3 rings (SSSR count). The van der Waals surface area contributed by atoms with Crippen molar-refractivity contribution in [1.82, 2.24) is 5.32 Å². The molecule has 0 amide bonds. The number of hydrogen-bond donors (Lipinski definition) is 1. The van der Waals surface area contributed by atoms with Crippen LogP contribution in [0.1, 0.15) is 52.5 Å². The summed E-state index contributed by atoms with van der Waals surface area (Å²) in [6.07, 6.45) is 0.380. The number of para-hydroxylation sites is 1. The lowest BCUT2D eigenvalue weighted by Gasteiger charge is -2.38. The second kappa shape index (κ2) is 9.59. The SMILES string of the molecule is CCOC(=O)C1=C(C)NC2=C(C(=O)C(C(=O)OC)C(C)C2)C1c1ccccc1OC(C)C. The number of allylic oxidation sites excluding steroid dienone is 3. The highest BCUT2D eigenvalue weighted by atomic mass is 16.5. The molecule has 0 fully saturated rings. The van der Waals surface area contributed by atoms with E-state index in [0.717, 1.165) is 5.70 Å². The van der Waals surface area contributed by atoms with Gasteiger partial charge in [-0.25, -0.2) is 4.79 Å². The number of methoxy groups -OCH3 is 1. The molecule has 1 aromatic carbocycles. The molecule has 32 heavy (non-hydrogen) atoms. The number of Topliss-reactive ketones (excluding diaryl/α,β-unsaturated/α-hetero) is 1. The van der Waals surface area contributed by atoms with Gasteiger partial charge in [-0.05, 0) is 46.1 Å². The fraction of sp³-hybridized carbons (Fsp3) is 0.480. The summed E-state index contributed by atoms with van der Waals surface area (Å²) in [6, 6.07) is 7.36. The number of carbonyl (C=O) groups is 3. The van der Waals surface area contributed by atoms with E-state index in [0.29, 0.717) is 34.6 Å². The Labute approximate surface area is 188 Å². The number of ketones is 1. The normalized spacial score (nSPS) is 23.0. The minimum atomic E-state index is -0.928. The molecule has 0 bridgehead atoms. The predicted octanol–water partition coefficient (Wildman–Crippen LogP) is 3.65. The van der Waals surface area contributed by atoms with Gasteiger partial charge in [0, 0.05) is 22.5 Å². The zero-order valence-corrected chi connectivity index (χ0v) is 19.5. The Morgan fingerprint density at radius 3 is 2.53 bits per heavy atom. The van der Waals surface area contributed by atoms with E-state index in [1.165, 1.54) is 7.11 Å². The van der Waals surface area contributed by atoms with E-state index in [2.05, 4.69) is 5.32 Å². The zero-order chi connectivity index (χ0) is 23.6. The van der Waals surface area contributed by atoms with Crippen molar-refractivity contribution in [2.24, 2.45) is 11.8 Å². The van der Waals surface area contributed by atoms with Gasteiger partial charge in [-0.1, -0.05) is 25.1 Å². The molecular weight excluding hydrogens is 410 g/mol. The number of esters is 2. The zero-order valence-electron chi connectivity index (χ0n) is 19.5. The van der Waals surface area contributed by atoms with Gasteiger partial charge in [-0.3, -0.25) is 9.59 Å². The largest absolute Gasteiger partial charge is 0.491 e. The first kappa shape index (κ1) is 23.6. The summed E-state index contributed by atoms with van der Waals surface area (Å²) in [7, 11) is 1.28. The van der Waals surface area contributed by atoms with Gasteiger partial charge in [0.15, 0.2) is 5.78 Å². The molecule has 0 spiro atoms. The maximum atomic E-state index is 13.7. The lowest BCUT2D eigenvalue weighted by molar-refractivity contribution is -0.151. The topological polar surface area (TPSA) is 90.9 Å². The van der Waals surface area contributed by atoms with Crippen LogP contribution >= 0.6 is 0 Å². The van der Waals surface area contributed by atoms with Crippen LogP contribution in [0.5, 0.6) is 5.75 Å². The van der Waals surface area contributed by atoms with Crippen LogP contribution in [0, 0.1) is 11.8 Å². The number of nitrogens with one attached hydrogen (secondary N) is 1. The number of ether oxygens (including phenoxy) is 3. The fourth-order valence-corrected chi connectivity index (χ4v) is 4.55. The molecule has 7 heteroatoms. The van der Waals surface area contributed by atoms with Gasteiger partial charge in [0.25, 0.3) is 0 Å². The van der Waals surface area contributed by atoms with Crippen LogP contribution < -0.4 is 10.1 Å². The molecule has 0 radical (unpaired) electrons. The van der Waals surface area contributed by atoms with E-state index in [1.54, 1.807) is 13.8 Å². The number of hydrogen-bond acceptors (Lipinski definition) is 7. The molecule has 2 aliphatic rings. The Morgan fingerprint density at radius 2 is 1.91 bits per heavy atom. The lowest BCUT2D eigenvalue weighted by atomic mass is 9.69. The summed E-state index contributed by atoms with van der Waals surface area (Å²) in [4.78, 5) is 39.2. The lowest BCUT2D eigenvalue weighted by Crippen LogP contribution is -2.43. The summed E-state index contributed by atoms with van der Waals surface area (Å²) >= 11 is 0. The monoisotopic (exact) mass is 441 g/mol. The van der Waals surface area contributed by atoms with Crippen molar-refractivity contribution >= 4 is 17.7 Å². The van der Waals surface area contributed by atoms with Crippen LogP contribution in [0.4, 0.5) is 0 Å². The first-order valence-electron chi connectivity index (χ1n) is 11.0. The smallest absolute Gasteiger partial charge is 0.336 e. The molecule has 172 valence electrons. The minimum absolute atomic E-state index is 0.104.